The molecule has 3 rings (SSSR count). The molecule has 160 valence electrons. The molecule has 3 heterocycles. The van der Waals surface area contributed by atoms with Crippen molar-refractivity contribution in [2.45, 2.75) is 55.7 Å². The Balaban J connectivity index is 1.87. The van der Waals surface area contributed by atoms with Gasteiger partial charge in [0.25, 0.3) is 5.91 Å². The Morgan fingerprint density at radius 1 is 1.38 bits per heavy atom. The lowest BCUT2D eigenvalue weighted by atomic mass is 9.92. The van der Waals surface area contributed by atoms with Crippen molar-refractivity contribution in [3.8, 4) is 0 Å². The summed E-state index contributed by atoms with van der Waals surface area (Å²) in [5, 5.41) is 6.45. The van der Waals surface area contributed by atoms with Gasteiger partial charge in [-0.15, -0.1) is 0 Å². The van der Waals surface area contributed by atoms with E-state index in [1.54, 1.807) is 20.8 Å². The summed E-state index contributed by atoms with van der Waals surface area (Å²) >= 11 is 0.732. The number of sulfone groups is 1. The number of anilines is 1. The van der Waals surface area contributed by atoms with Crippen LogP contribution in [0.3, 0.4) is 0 Å². The molecule has 1 saturated heterocycles. The van der Waals surface area contributed by atoms with Crippen molar-refractivity contribution in [3.05, 3.63) is 23.7 Å². The number of nitrogens with zero attached hydrogens (tertiary/aromatic N) is 3. The standard InChI is InChI=1S/C18H25FN4O4S2/c1-18(2,3)29(25,26)13-9-21-23(11-13)14(8-12-4-6-27-7-5-12)16(24)22-17-20-10-15(19)28-17/h9-12,14H,4-8H2,1-3H3,(H,20,22,24)/t14-/m0/s1. The van der Waals surface area contributed by atoms with E-state index in [0.717, 1.165) is 30.4 Å². The number of halogens is 1. The van der Waals surface area contributed by atoms with Crippen molar-refractivity contribution in [2.24, 2.45) is 5.92 Å². The molecule has 1 fully saturated rings. The van der Waals surface area contributed by atoms with E-state index in [-0.39, 0.29) is 15.9 Å². The Labute approximate surface area is 173 Å². The normalized spacial score (nSPS) is 17.2. The summed E-state index contributed by atoms with van der Waals surface area (Å²) in [7, 11) is -3.60. The smallest absolute Gasteiger partial charge is 0.251 e. The molecule has 0 aromatic carbocycles. The number of rotatable bonds is 6. The third-order valence-electron chi connectivity index (χ3n) is 4.92. The first-order valence-corrected chi connectivity index (χ1v) is 11.7. The summed E-state index contributed by atoms with van der Waals surface area (Å²) in [5.41, 5.74) is 0. The van der Waals surface area contributed by atoms with Crippen molar-refractivity contribution in [1.29, 1.82) is 0 Å². The van der Waals surface area contributed by atoms with Crippen LogP contribution in [0.4, 0.5) is 9.52 Å². The summed E-state index contributed by atoms with van der Waals surface area (Å²) in [6.45, 7) is 6.09. The van der Waals surface area contributed by atoms with E-state index in [2.05, 4.69) is 15.4 Å². The van der Waals surface area contributed by atoms with E-state index in [1.165, 1.54) is 17.1 Å². The monoisotopic (exact) mass is 444 g/mol. The largest absolute Gasteiger partial charge is 0.381 e. The van der Waals surface area contributed by atoms with Crippen LogP contribution >= 0.6 is 11.3 Å². The van der Waals surface area contributed by atoms with E-state index in [1.807, 2.05) is 0 Å². The second-order valence-electron chi connectivity index (χ2n) is 8.04. The van der Waals surface area contributed by atoms with Crippen LogP contribution in [0.25, 0.3) is 0 Å². The van der Waals surface area contributed by atoms with Gasteiger partial charge in [0.15, 0.2) is 20.1 Å². The topological polar surface area (TPSA) is 103 Å². The Bertz CT molecular complexity index is 959. The van der Waals surface area contributed by atoms with Crippen molar-refractivity contribution in [1.82, 2.24) is 14.8 Å². The minimum absolute atomic E-state index is 0.0649. The maximum Gasteiger partial charge on any atom is 0.251 e. The number of hydrogen-bond acceptors (Lipinski definition) is 7. The van der Waals surface area contributed by atoms with Gasteiger partial charge in [-0.25, -0.2) is 13.4 Å². The molecule has 0 spiro atoms. The molecular formula is C18H25FN4O4S2. The lowest BCUT2D eigenvalue weighted by molar-refractivity contribution is -0.120. The molecule has 1 aliphatic rings. The zero-order valence-corrected chi connectivity index (χ0v) is 18.2. The SMILES string of the molecule is CC(C)(C)S(=O)(=O)c1cnn([C@@H](CC2CCOCC2)C(=O)Nc2ncc(F)s2)c1. The van der Waals surface area contributed by atoms with Gasteiger partial charge >= 0.3 is 0 Å². The van der Waals surface area contributed by atoms with E-state index in [9.17, 15) is 17.6 Å². The predicted octanol–water partition coefficient (Wildman–Crippen LogP) is 3.05. The number of carbonyl (C=O) groups is 1. The highest BCUT2D eigenvalue weighted by Gasteiger charge is 2.34. The fraction of sp³-hybridized carbons (Fsp3) is 0.611. The maximum atomic E-state index is 13.2. The summed E-state index contributed by atoms with van der Waals surface area (Å²) in [6, 6.07) is -0.742. The van der Waals surface area contributed by atoms with Crippen molar-refractivity contribution >= 4 is 32.2 Å². The molecule has 11 heteroatoms. The number of thiazole rings is 1. The van der Waals surface area contributed by atoms with Crippen LogP contribution < -0.4 is 5.32 Å². The van der Waals surface area contributed by atoms with E-state index < -0.39 is 31.7 Å². The van der Waals surface area contributed by atoms with Crippen LogP contribution in [0.15, 0.2) is 23.5 Å². The second-order valence-corrected chi connectivity index (χ2v) is 11.7. The second kappa shape index (κ2) is 8.49. The van der Waals surface area contributed by atoms with Gasteiger partial charge in [0.1, 0.15) is 10.9 Å². The molecule has 1 N–H and O–H groups in total. The molecular weight excluding hydrogens is 419 g/mol. The van der Waals surface area contributed by atoms with Crippen LogP contribution in [0.1, 0.15) is 46.1 Å². The molecule has 2 aromatic rings. The Morgan fingerprint density at radius 3 is 2.66 bits per heavy atom. The van der Waals surface area contributed by atoms with E-state index in [4.69, 9.17) is 4.74 Å². The third kappa shape index (κ3) is 5.01. The minimum Gasteiger partial charge on any atom is -0.381 e. The average molecular weight is 445 g/mol. The van der Waals surface area contributed by atoms with E-state index in [0.29, 0.717) is 19.6 Å². The first-order valence-electron chi connectivity index (χ1n) is 9.36. The fourth-order valence-electron chi connectivity index (χ4n) is 3.12. The van der Waals surface area contributed by atoms with Crippen LogP contribution in [0.2, 0.25) is 0 Å². The Morgan fingerprint density at radius 2 is 2.07 bits per heavy atom. The number of ether oxygens (including phenoxy) is 1. The quantitative estimate of drug-likeness (QED) is 0.735. The molecule has 0 aliphatic carbocycles. The first-order chi connectivity index (χ1) is 13.6. The van der Waals surface area contributed by atoms with Gasteiger partial charge in [0, 0.05) is 19.4 Å². The zero-order chi connectivity index (χ0) is 21.2. The molecule has 1 amide bonds. The van der Waals surface area contributed by atoms with E-state index >= 15 is 0 Å². The highest BCUT2D eigenvalue weighted by Crippen LogP contribution is 2.30. The van der Waals surface area contributed by atoms with Gasteiger partial charge in [-0.3, -0.25) is 9.48 Å². The average Bonchev–Trinajstić information content (AvgIpc) is 3.29. The Hall–Kier alpha value is -1.85. The summed E-state index contributed by atoms with van der Waals surface area (Å²) in [4.78, 5) is 16.8. The number of aromatic nitrogens is 3. The molecule has 2 aromatic heterocycles. The molecule has 0 bridgehead atoms. The number of hydrogen-bond donors (Lipinski definition) is 1. The van der Waals surface area contributed by atoms with Crippen LogP contribution in [0.5, 0.6) is 0 Å². The van der Waals surface area contributed by atoms with Gasteiger partial charge in [-0.1, -0.05) is 11.3 Å². The van der Waals surface area contributed by atoms with Crippen molar-refractivity contribution in [3.63, 3.8) is 0 Å². The van der Waals surface area contributed by atoms with Crippen LogP contribution in [-0.4, -0.2) is 47.1 Å². The molecule has 29 heavy (non-hydrogen) atoms. The fourth-order valence-corrected chi connectivity index (χ4v) is 4.80. The van der Waals surface area contributed by atoms with Gasteiger partial charge in [0.2, 0.25) is 0 Å². The number of amides is 1. The number of nitrogens with one attached hydrogen (secondary N) is 1. The van der Waals surface area contributed by atoms with Gasteiger partial charge in [-0.05, 0) is 46.0 Å². The van der Waals surface area contributed by atoms with Crippen LogP contribution in [0, 0.1) is 11.0 Å². The summed E-state index contributed by atoms with van der Waals surface area (Å²) < 4.78 is 44.4. The van der Waals surface area contributed by atoms with Crippen molar-refractivity contribution in [2.75, 3.05) is 18.5 Å². The first kappa shape index (κ1) is 21.8. The predicted molar refractivity (Wildman–Crippen MR) is 107 cm³/mol. The molecule has 8 nitrogen and oxygen atoms in total. The van der Waals surface area contributed by atoms with Gasteiger partial charge in [-0.2, -0.15) is 9.49 Å². The lowest BCUT2D eigenvalue weighted by Crippen LogP contribution is -2.30. The van der Waals surface area contributed by atoms with Gasteiger partial charge in [0.05, 0.1) is 17.1 Å². The molecule has 0 saturated carbocycles. The lowest BCUT2D eigenvalue weighted by Gasteiger charge is -2.26. The van der Waals surface area contributed by atoms with Gasteiger partial charge < -0.3 is 10.1 Å². The van der Waals surface area contributed by atoms with Crippen molar-refractivity contribution < 1.29 is 22.3 Å². The highest BCUT2D eigenvalue weighted by molar-refractivity contribution is 7.92. The number of carbonyl (C=O) groups excluding carboxylic acids is 1. The summed E-state index contributed by atoms with van der Waals surface area (Å²) in [5.74, 6) is -0.173. The summed E-state index contributed by atoms with van der Waals surface area (Å²) in [6.07, 6.45) is 5.80. The zero-order valence-electron chi connectivity index (χ0n) is 16.6. The highest BCUT2D eigenvalue weighted by atomic mass is 32.2. The Kier molecular flexibility index (Phi) is 6.39. The third-order valence-corrected chi connectivity index (χ3v) is 8.07. The molecule has 1 aliphatic heterocycles. The maximum absolute atomic E-state index is 13.2. The minimum atomic E-state index is -3.60. The molecule has 0 unspecified atom stereocenters. The molecule has 0 radical (unpaired) electrons. The molecule has 1 atom stereocenters. The van der Waals surface area contributed by atoms with Crippen LogP contribution in [-0.2, 0) is 19.4 Å².